The lowest BCUT2D eigenvalue weighted by Gasteiger charge is -2.40. The van der Waals surface area contributed by atoms with Gasteiger partial charge in [-0.1, -0.05) is 13.8 Å². The predicted octanol–water partition coefficient (Wildman–Crippen LogP) is 1.89. The van der Waals surface area contributed by atoms with Crippen LogP contribution in [-0.4, -0.2) is 81.5 Å². The number of carbonyl (C=O) groups excluding carboxylic acids is 4. The maximum Gasteiger partial charge on any atom is 0.351 e. The van der Waals surface area contributed by atoms with E-state index in [2.05, 4.69) is 9.98 Å². The maximum atomic E-state index is 13.5. The highest BCUT2D eigenvalue weighted by molar-refractivity contribution is 7.98. The van der Waals surface area contributed by atoms with Crippen LogP contribution in [0.15, 0.2) is 9.98 Å². The average molecular weight is 532 g/mol. The highest BCUT2D eigenvalue weighted by Crippen LogP contribution is 2.38. The van der Waals surface area contributed by atoms with Crippen molar-refractivity contribution in [3.05, 3.63) is 0 Å². The molecule has 198 valence electrons. The second kappa shape index (κ2) is 13.0. The molecule has 0 aliphatic carbocycles. The molecule has 0 bridgehead atoms. The number of hydrogen-bond donors (Lipinski definition) is 2. The molecule has 0 aromatic carbocycles. The number of aliphatic imine (C=N–C) groups is 2. The van der Waals surface area contributed by atoms with Gasteiger partial charge < -0.3 is 21.1 Å². The molecule has 35 heavy (non-hydrogen) atoms. The van der Waals surface area contributed by atoms with Crippen LogP contribution < -0.4 is 11.5 Å². The van der Waals surface area contributed by atoms with Gasteiger partial charge in [0.2, 0.25) is 12.2 Å². The largest absolute Gasteiger partial charge is 0.351 e. The molecular formula is C22H37N5O6S2. The van der Waals surface area contributed by atoms with E-state index in [9.17, 15) is 19.2 Å². The molecule has 1 aliphatic rings. The fourth-order valence-electron chi connectivity index (χ4n) is 3.84. The third kappa shape index (κ3) is 6.74. The van der Waals surface area contributed by atoms with Crippen LogP contribution in [0.1, 0.15) is 59.8 Å². The highest BCUT2D eigenvalue weighted by Gasteiger charge is 2.60. The van der Waals surface area contributed by atoms with E-state index in [1.807, 2.05) is 19.4 Å². The molecule has 1 heterocycles. The van der Waals surface area contributed by atoms with Crippen LogP contribution in [0.5, 0.6) is 0 Å². The fraction of sp³-hybridized carbons (Fsp3) is 0.818. The van der Waals surface area contributed by atoms with E-state index in [1.54, 1.807) is 26.9 Å². The molecule has 4 N–H and O–H groups in total. The van der Waals surface area contributed by atoms with Gasteiger partial charge >= 0.3 is 11.9 Å². The third-order valence-corrected chi connectivity index (χ3v) is 8.24. The first-order valence-corrected chi connectivity index (χ1v) is 14.1. The van der Waals surface area contributed by atoms with E-state index in [0.717, 1.165) is 5.23 Å². The highest BCUT2D eigenvalue weighted by atomic mass is 32.2. The van der Waals surface area contributed by atoms with Crippen molar-refractivity contribution >= 4 is 47.6 Å². The number of hydroxylamine groups is 2. The summed E-state index contributed by atoms with van der Waals surface area (Å²) in [5, 5.41) is 0.778. The van der Waals surface area contributed by atoms with Crippen LogP contribution in [0.2, 0.25) is 0 Å². The van der Waals surface area contributed by atoms with E-state index < -0.39 is 40.1 Å². The van der Waals surface area contributed by atoms with Crippen LogP contribution in [0.4, 0.5) is 0 Å². The zero-order valence-electron chi connectivity index (χ0n) is 21.3. The summed E-state index contributed by atoms with van der Waals surface area (Å²) in [5.74, 6) is -0.678. The molecule has 5 atom stereocenters. The van der Waals surface area contributed by atoms with E-state index in [0.29, 0.717) is 17.9 Å². The molecule has 0 spiro atoms. The Balaban J connectivity index is 3.48. The second-order valence-corrected chi connectivity index (χ2v) is 11.1. The van der Waals surface area contributed by atoms with Gasteiger partial charge in [0.25, 0.3) is 0 Å². The topological polar surface area (TPSA) is 167 Å². The smallest absolute Gasteiger partial charge is 0.330 e. The van der Waals surface area contributed by atoms with Crippen molar-refractivity contribution in [1.29, 1.82) is 0 Å². The zero-order valence-corrected chi connectivity index (χ0v) is 22.9. The van der Waals surface area contributed by atoms with Crippen molar-refractivity contribution in [2.45, 2.75) is 88.0 Å². The van der Waals surface area contributed by atoms with Crippen molar-refractivity contribution < 1.29 is 28.9 Å². The predicted molar refractivity (Wildman–Crippen MR) is 136 cm³/mol. The SMILES string of the molecule is CCC(C)(CC1N(OC(=O)C(N)(CCSC)C(C)(CC)N=C=O)OC(=O)C1(N)CCSC)N=C=O. The van der Waals surface area contributed by atoms with Crippen molar-refractivity contribution in [2.75, 3.05) is 24.0 Å². The number of isocyanates is 2. The molecule has 11 nitrogen and oxygen atoms in total. The summed E-state index contributed by atoms with van der Waals surface area (Å²) < 4.78 is 0. The zero-order chi connectivity index (χ0) is 26.9. The molecule has 0 radical (unpaired) electrons. The Labute approximate surface area is 215 Å². The van der Waals surface area contributed by atoms with Gasteiger partial charge in [0, 0.05) is 5.23 Å². The van der Waals surface area contributed by atoms with Crippen molar-refractivity contribution in [3.63, 3.8) is 0 Å². The van der Waals surface area contributed by atoms with Gasteiger partial charge in [-0.05, 0) is 70.0 Å². The molecule has 0 aromatic heterocycles. The van der Waals surface area contributed by atoms with Crippen LogP contribution in [0.3, 0.4) is 0 Å². The molecule has 0 amide bonds. The molecule has 1 aliphatic heterocycles. The minimum Gasteiger partial charge on any atom is -0.330 e. The van der Waals surface area contributed by atoms with Gasteiger partial charge in [-0.2, -0.15) is 33.5 Å². The Morgan fingerprint density at radius 2 is 1.77 bits per heavy atom. The first-order chi connectivity index (χ1) is 16.4. The molecule has 0 aromatic rings. The molecular weight excluding hydrogens is 494 g/mol. The first-order valence-electron chi connectivity index (χ1n) is 11.3. The minimum atomic E-state index is -1.73. The minimum absolute atomic E-state index is 0.0720. The Morgan fingerprint density at radius 3 is 2.26 bits per heavy atom. The van der Waals surface area contributed by atoms with Crippen LogP contribution in [0.25, 0.3) is 0 Å². The van der Waals surface area contributed by atoms with Gasteiger partial charge in [0.15, 0.2) is 0 Å². The normalized spacial score (nSPS) is 25.3. The Hall–Kier alpha value is -1.72. The monoisotopic (exact) mass is 531 g/mol. The van der Waals surface area contributed by atoms with E-state index in [4.69, 9.17) is 21.1 Å². The summed E-state index contributed by atoms with van der Waals surface area (Å²) in [6, 6.07) is -0.958. The standard InChI is InChI=1S/C22H37N5O6S2/c1-7-19(3,25-14-28)13-16-21(23,9-11-34-5)17(30)32-27(16)33-18(31)22(24,10-12-35-6)20(4,8-2)26-15-29/h16H,7-13,23-24H2,1-6H3. The summed E-state index contributed by atoms with van der Waals surface area (Å²) in [6.45, 7) is 6.86. The van der Waals surface area contributed by atoms with Gasteiger partial charge in [-0.25, -0.2) is 19.2 Å². The number of rotatable bonds is 15. The Bertz CT molecular complexity index is 867. The van der Waals surface area contributed by atoms with Gasteiger partial charge in [-0.15, -0.1) is 0 Å². The molecule has 0 saturated carbocycles. The van der Waals surface area contributed by atoms with Crippen molar-refractivity contribution in [2.24, 2.45) is 21.5 Å². The second-order valence-electron chi connectivity index (χ2n) is 9.14. The first kappa shape index (κ1) is 31.3. The van der Waals surface area contributed by atoms with Gasteiger partial charge in [0.05, 0.1) is 11.1 Å². The summed E-state index contributed by atoms with van der Waals surface area (Å²) >= 11 is 2.96. The number of carbonyl (C=O) groups is 2. The van der Waals surface area contributed by atoms with E-state index in [-0.39, 0.29) is 25.7 Å². The van der Waals surface area contributed by atoms with Crippen molar-refractivity contribution in [1.82, 2.24) is 5.23 Å². The molecule has 5 unspecified atom stereocenters. The maximum absolute atomic E-state index is 13.5. The number of nitrogens with zero attached hydrogens (tertiary/aromatic N) is 3. The lowest BCUT2D eigenvalue weighted by Crippen LogP contribution is -2.65. The molecule has 13 heteroatoms. The average Bonchev–Trinajstić information content (AvgIpc) is 3.05. The molecule has 1 saturated heterocycles. The number of nitrogens with two attached hydrogens (primary N) is 2. The van der Waals surface area contributed by atoms with E-state index >= 15 is 0 Å². The van der Waals surface area contributed by atoms with Crippen molar-refractivity contribution in [3.8, 4) is 0 Å². The number of thioether (sulfide) groups is 2. The number of hydrogen-bond acceptors (Lipinski definition) is 13. The fourth-order valence-corrected chi connectivity index (χ4v) is 4.91. The quantitative estimate of drug-likeness (QED) is 0.234. The van der Waals surface area contributed by atoms with Gasteiger partial charge in [0.1, 0.15) is 17.1 Å². The van der Waals surface area contributed by atoms with E-state index in [1.165, 1.54) is 29.6 Å². The van der Waals surface area contributed by atoms with Crippen LogP contribution in [-0.2, 0) is 28.9 Å². The molecule has 1 rings (SSSR count). The Morgan fingerprint density at radius 1 is 1.17 bits per heavy atom. The lowest BCUT2D eigenvalue weighted by molar-refractivity contribution is -0.327. The molecule has 1 fully saturated rings. The summed E-state index contributed by atoms with van der Waals surface area (Å²) in [4.78, 5) is 67.3. The van der Waals surface area contributed by atoms with Crippen LogP contribution >= 0.6 is 23.5 Å². The van der Waals surface area contributed by atoms with Crippen LogP contribution in [0, 0.1) is 0 Å². The summed E-state index contributed by atoms with van der Waals surface area (Å²) in [5.41, 5.74) is 7.61. The Kier molecular flexibility index (Phi) is 11.6. The lowest BCUT2D eigenvalue weighted by atomic mass is 9.75. The third-order valence-electron chi connectivity index (χ3n) is 7.01. The van der Waals surface area contributed by atoms with Gasteiger partial charge in [-0.3, -0.25) is 0 Å². The summed E-state index contributed by atoms with van der Waals surface area (Å²) in [7, 11) is 0. The summed E-state index contributed by atoms with van der Waals surface area (Å²) in [6.07, 6.45) is 7.92.